The van der Waals surface area contributed by atoms with E-state index < -0.39 is 0 Å². The van der Waals surface area contributed by atoms with Gasteiger partial charge in [-0.05, 0) is 51.6 Å². The molecule has 0 saturated heterocycles. The van der Waals surface area contributed by atoms with E-state index in [4.69, 9.17) is 4.74 Å². The summed E-state index contributed by atoms with van der Waals surface area (Å²) in [7, 11) is 0. The van der Waals surface area contributed by atoms with Gasteiger partial charge < -0.3 is 10.1 Å². The topological polar surface area (TPSA) is 21.3 Å². The molecular formula is C18H29NO. The van der Waals surface area contributed by atoms with Crippen LogP contribution >= 0.6 is 0 Å². The summed E-state index contributed by atoms with van der Waals surface area (Å²) in [5, 5.41) is 3.66. The molecule has 2 unspecified atom stereocenters. The minimum absolute atomic E-state index is 0.192. The highest BCUT2D eigenvalue weighted by atomic mass is 16.5. The molecule has 1 aromatic carbocycles. The smallest absolute Gasteiger partial charge is 0.122 e. The Hall–Kier alpha value is -1.02. The fourth-order valence-electron chi connectivity index (χ4n) is 2.82. The molecule has 2 heteroatoms. The van der Waals surface area contributed by atoms with Gasteiger partial charge in [0, 0.05) is 17.0 Å². The average molecular weight is 275 g/mol. The molecule has 0 aromatic heterocycles. The van der Waals surface area contributed by atoms with Crippen LogP contribution in [-0.2, 0) is 0 Å². The lowest BCUT2D eigenvalue weighted by Crippen LogP contribution is -2.40. The fraction of sp³-hybridized carbons (Fsp3) is 0.667. The molecule has 2 rings (SSSR count). The molecule has 1 heterocycles. The van der Waals surface area contributed by atoms with E-state index in [1.165, 1.54) is 12.0 Å². The van der Waals surface area contributed by atoms with Gasteiger partial charge in [0.15, 0.2) is 0 Å². The molecule has 0 spiro atoms. The van der Waals surface area contributed by atoms with Crippen LogP contribution in [0.15, 0.2) is 24.3 Å². The van der Waals surface area contributed by atoms with E-state index in [-0.39, 0.29) is 5.54 Å². The standard InChI is InChI=1S/C18H29NO/c1-13(2)14(11-19-18(3,4)5)10-15-12-20-17-9-7-6-8-16(15)17/h6-9,13-15,19H,10-12H2,1-5H3. The second kappa shape index (κ2) is 6.17. The van der Waals surface area contributed by atoms with Crippen molar-refractivity contribution in [1.29, 1.82) is 0 Å². The lowest BCUT2D eigenvalue weighted by molar-refractivity contribution is 0.257. The fourth-order valence-corrected chi connectivity index (χ4v) is 2.82. The summed E-state index contributed by atoms with van der Waals surface area (Å²) in [5.74, 6) is 3.02. The van der Waals surface area contributed by atoms with Crippen molar-refractivity contribution in [3.05, 3.63) is 29.8 Å². The van der Waals surface area contributed by atoms with E-state index in [1.807, 2.05) is 0 Å². The molecule has 0 fully saturated rings. The van der Waals surface area contributed by atoms with Gasteiger partial charge >= 0.3 is 0 Å². The Morgan fingerprint density at radius 2 is 1.95 bits per heavy atom. The van der Waals surface area contributed by atoms with Crippen molar-refractivity contribution in [3.8, 4) is 5.75 Å². The van der Waals surface area contributed by atoms with E-state index in [2.05, 4.69) is 64.2 Å². The van der Waals surface area contributed by atoms with Crippen molar-refractivity contribution >= 4 is 0 Å². The van der Waals surface area contributed by atoms with Crippen molar-refractivity contribution in [3.63, 3.8) is 0 Å². The Bertz CT molecular complexity index is 433. The second-order valence-electron chi connectivity index (χ2n) is 7.42. The molecule has 2 nitrogen and oxygen atoms in total. The maximum Gasteiger partial charge on any atom is 0.122 e. The van der Waals surface area contributed by atoms with Gasteiger partial charge in [0.1, 0.15) is 5.75 Å². The van der Waals surface area contributed by atoms with Crippen LogP contribution in [0.4, 0.5) is 0 Å². The van der Waals surface area contributed by atoms with Crippen LogP contribution < -0.4 is 10.1 Å². The highest BCUT2D eigenvalue weighted by Crippen LogP contribution is 2.38. The predicted octanol–water partition coefficient (Wildman–Crippen LogP) is 4.21. The number of nitrogens with one attached hydrogen (secondary N) is 1. The Kier molecular flexibility index (Phi) is 4.74. The van der Waals surface area contributed by atoms with Gasteiger partial charge in [0.05, 0.1) is 6.61 Å². The third-order valence-electron chi connectivity index (χ3n) is 4.22. The number of hydrogen-bond donors (Lipinski definition) is 1. The lowest BCUT2D eigenvalue weighted by Gasteiger charge is -2.29. The number of fused-ring (bicyclic) bond motifs is 1. The third kappa shape index (κ3) is 3.99. The maximum absolute atomic E-state index is 5.82. The summed E-state index contributed by atoms with van der Waals surface area (Å²) in [5.41, 5.74) is 1.59. The molecule has 0 saturated carbocycles. The van der Waals surface area contributed by atoms with Crippen molar-refractivity contribution in [2.75, 3.05) is 13.2 Å². The van der Waals surface area contributed by atoms with Crippen LogP contribution in [0, 0.1) is 11.8 Å². The SMILES string of the molecule is CC(C)C(CNC(C)(C)C)CC1COc2ccccc21. The zero-order chi connectivity index (χ0) is 14.8. The molecule has 20 heavy (non-hydrogen) atoms. The van der Waals surface area contributed by atoms with Crippen LogP contribution in [0.2, 0.25) is 0 Å². The highest BCUT2D eigenvalue weighted by molar-refractivity contribution is 5.39. The van der Waals surface area contributed by atoms with Crippen molar-refractivity contribution in [2.24, 2.45) is 11.8 Å². The van der Waals surface area contributed by atoms with Crippen LogP contribution in [0.3, 0.4) is 0 Å². The van der Waals surface area contributed by atoms with E-state index in [1.54, 1.807) is 0 Å². The summed E-state index contributed by atoms with van der Waals surface area (Å²) in [6.45, 7) is 13.3. The molecule has 0 radical (unpaired) electrons. The first-order valence-corrected chi connectivity index (χ1v) is 7.83. The Labute approximate surface area is 123 Å². The van der Waals surface area contributed by atoms with Crippen molar-refractivity contribution in [2.45, 2.75) is 52.5 Å². The van der Waals surface area contributed by atoms with Crippen LogP contribution in [0.5, 0.6) is 5.75 Å². The van der Waals surface area contributed by atoms with Crippen molar-refractivity contribution < 1.29 is 4.74 Å². The zero-order valence-corrected chi connectivity index (χ0v) is 13.6. The normalized spacial score (nSPS) is 19.8. The van der Waals surface area contributed by atoms with Gasteiger partial charge in [-0.2, -0.15) is 0 Å². The lowest BCUT2D eigenvalue weighted by atomic mass is 9.83. The summed E-state index contributed by atoms with van der Waals surface area (Å²) in [4.78, 5) is 0. The summed E-state index contributed by atoms with van der Waals surface area (Å²) >= 11 is 0. The third-order valence-corrected chi connectivity index (χ3v) is 4.22. The number of hydrogen-bond acceptors (Lipinski definition) is 2. The minimum atomic E-state index is 0.192. The quantitative estimate of drug-likeness (QED) is 0.869. The highest BCUT2D eigenvalue weighted by Gasteiger charge is 2.28. The van der Waals surface area contributed by atoms with E-state index in [9.17, 15) is 0 Å². The van der Waals surface area contributed by atoms with Gasteiger partial charge in [-0.1, -0.05) is 32.0 Å². The first-order valence-electron chi connectivity index (χ1n) is 7.83. The number of ether oxygens (including phenoxy) is 1. The van der Waals surface area contributed by atoms with E-state index in [0.29, 0.717) is 17.8 Å². The van der Waals surface area contributed by atoms with Gasteiger partial charge in [-0.15, -0.1) is 0 Å². The molecule has 0 bridgehead atoms. The summed E-state index contributed by atoms with van der Waals surface area (Å²) in [6, 6.07) is 8.50. The second-order valence-corrected chi connectivity index (χ2v) is 7.42. The average Bonchev–Trinajstić information content (AvgIpc) is 2.76. The van der Waals surface area contributed by atoms with Crippen molar-refractivity contribution in [1.82, 2.24) is 5.32 Å². The first-order chi connectivity index (χ1) is 9.37. The van der Waals surface area contributed by atoms with Gasteiger partial charge in [0.2, 0.25) is 0 Å². The zero-order valence-electron chi connectivity index (χ0n) is 13.6. The number of rotatable bonds is 5. The summed E-state index contributed by atoms with van der Waals surface area (Å²) < 4.78 is 5.82. The number of para-hydroxylation sites is 1. The minimum Gasteiger partial charge on any atom is -0.493 e. The Balaban J connectivity index is 1.99. The molecule has 1 aromatic rings. The maximum atomic E-state index is 5.82. The largest absolute Gasteiger partial charge is 0.493 e. The molecule has 1 aliphatic rings. The summed E-state index contributed by atoms with van der Waals surface area (Å²) in [6.07, 6.45) is 1.21. The molecule has 112 valence electrons. The van der Waals surface area contributed by atoms with Crippen LogP contribution in [0.25, 0.3) is 0 Å². The monoisotopic (exact) mass is 275 g/mol. The van der Waals surface area contributed by atoms with E-state index >= 15 is 0 Å². The van der Waals surface area contributed by atoms with E-state index in [0.717, 1.165) is 18.9 Å². The molecule has 0 aliphatic carbocycles. The van der Waals surface area contributed by atoms with Gasteiger partial charge in [-0.25, -0.2) is 0 Å². The van der Waals surface area contributed by atoms with Crippen LogP contribution in [-0.4, -0.2) is 18.7 Å². The Morgan fingerprint density at radius 3 is 2.60 bits per heavy atom. The van der Waals surface area contributed by atoms with Gasteiger partial charge in [0.25, 0.3) is 0 Å². The molecule has 1 aliphatic heterocycles. The van der Waals surface area contributed by atoms with Crippen LogP contribution in [0.1, 0.15) is 52.5 Å². The predicted molar refractivity (Wildman–Crippen MR) is 85.4 cm³/mol. The molecular weight excluding hydrogens is 246 g/mol. The number of benzene rings is 1. The Morgan fingerprint density at radius 1 is 1.25 bits per heavy atom. The molecule has 2 atom stereocenters. The molecule has 1 N–H and O–H groups in total. The molecule has 0 amide bonds. The first kappa shape index (κ1) is 15.4. The van der Waals surface area contributed by atoms with Gasteiger partial charge in [-0.3, -0.25) is 0 Å².